The Morgan fingerprint density at radius 1 is 0.977 bits per heavy atom. The van der Waals surface area contributed by atoms with Crippen molar-refractivity contribution < 1.29 is 23.9 Å². The summed E-state index contributed by atoms with van der Waals surface area (Å²) in [6, 6.07) is 5.97. The molecule has 1 aromatic heterocycles. The maximum absolute atomic E-state index is 12.9. The van der Waals surface area contributed by atoms with Gasteiger partial charge in [0.25, 0.3) is 11.5 Å². The average molecular weight is 599 g/mol. The zero-order chi connectivity index (χ0) is 32.1. The van der Waals surface area contributed by atoms with Crippen LogP contribution in [0.2, 0.25) is 0 Å². The first kappa shape index (κ1) is 33.8. The highest BCUT2D eigenvalue weighted by molar-refractivity contribution is 5.94. The molecule has 0 bridgehead atoms. The van der Waals surface area contributed by atoms with Crippen molar-refractivity contribution in [1.82, 2.24) is 20.2 Å². The molecule has 1 aliphatic heterocycles. The molecule has 0 saturated carbocycles. The minimum absolute atomic E-state index is 0.0677. The van der Waals surface area contributed by atoms with Crippen LogP contribution in [0, 0.1) is 6.92 Å². The number of nitrogens with one attached hydrogen (secondary N) is 3. The van der Waals surface area contributed by atoms with Crippen LogP contribution < -0.4 is 21.9 Å². The molecule has 236 valence electrons. The third kappa shape index (κ3) is 9.13. The molecule has 43 heavy (non-hydrogen) atoms. The first-order chi connectivity index (χ1) is 20.0. The van der Waals surface area contributed by atoms with E-state index in [-0.39, 0.29) is 55.0 Å². The number of H-pyrrole nitrogens is 1. The molecule has 1 fully saturated rings. The lowest BCUT2D eigenvalue weighted by Gasteiger charge is -2.26. The molecule has 3 N–H and O–H groups in total. The fraction of sp³-hybridized carbons (Fsp3) is 0.594. The normalized spacial score (nSPS) is 18.7. The Bertz CT molecular complexity index is 1410. The Morgan fingerprint density at radius 3 is 2.16 bits per heavy atom. The average Bonchev–Trinajstić information content (AvgIpc) is 3.32. The molecule has 1 unspecified atom stereocenters. The Kier molecular flexibility index (Phi) is 10.8. The molecule has 11 nitrogen and oxygen atoms in total. The van der Waals surface area contributed by atoms with E-state index in [1.54, 1.807) is 6.92 Å². The van der Waals surface area contributed by atoms with E-state index in [1.165, 1.54) is 10.8 Å². The van der Waals surface area contributed by atoms with Gasteiger partial charge in [0.1, 0.15) is 12.3 Å². The summed E-state index contributed by atoms with van der Waals surface area (Å²) in [5.41, 5.74) is 1.82. The van der Waals surface area contributed by atoms with Crippen molar-refractivity contribution in [3.05, 3.63) is 67.5 Å². The van der Waals surface area contributed by atoms with Crippen LogP contribution in [0.25, 0.3) is 0 Å². The zero-order valence-corrected chi connectivity index (χ0v) is 26.6. The van der Waals surface area contributed by atoms with Crippen molar-refractivity contribution in [2.75, 3.05) is 13.1 Å². The van der Waals surface area contributed by atoms with Crippen LogP contribution >= 0.6 is 0 Å². The lowest BCUT2D eigenvalue weighted by molar-refractivity contribution is -0.153. The number of ether oxygens (including phenoxy) is 2. The van der Waals surface area contributed by atoms with Gasteiger partial charge in [0.05, 0.1) is 12.5 Å². The molecule has 1 aliphatic rings. The molecule has 0 aliphatic carbocycles. The number of esters is 1. The molecular formula is C32H46N4O7. The van der Waals surface area contributed by atoms with E-state index in [2.05, 4.69) is 63.2 Å². The van der Waals surface area contributed by atoms with E-state index in [0.29, 0.717) is 17.5 Å². The molecule has 2 aromatic rings. The zero-order valence-electron chi connectivity index (χ0n) is 26.6. The van der Waals surface area contributed by atoms with Crippen molar-refractivity contribution in [2.45, 2.75) is 110 Å². The fourth-order valence-electron chi connectivity index (χ4n) is 4.79. The van der Waals surface area contributed by atoms with Gasteiger partial charge in [-0.15, -0.1) is 0 Å². The van der Waals surface area contributed by atoms with Gasteiger partial charge in [0, 0.05) is 43.3 Å². The van der Waals surface area contributed by atoms with E-state index in [0.717, 1.165) is 11.1 Å². The van der Waals surface area contributed by atoms with E-state index in [9.17, 15) is 24.0 Å². The van der Waals surface area contributed by atoms with Gasteiger partial charge in [-0.3, -0.25) is 28.7 Å². The number of aromatic amines is 1. The second-order valence-corrected chi connectivity index (χ2v) is 13.2. The van der Waals surface area contributed by atoms with Gasteiger partial charge in [0.2, 0.25) is 5.91 Å². The highest BCUT2D eigenvalue weighted by atomic mass is 16.6. The van der Waals surface area contributed by atoms with Gasteiger partial charge in [-0.2, -0.15) is 0 Å². The molecule has 0 spiro atoms. The van der Waals surface area contributed by atoms with Crippen molar-refractivity contribution in [3.63, 3.8) is 0 Å². The number of aromatic nitrogens is 2. The minimum Gasteiger partial charge on any atom is -0.459 e. The third-order valence-corrected chi connectivity index (χ3v) is 7.54. The minimum atomic E-state index is -0.680. The lowest BCUT2D eigenvalue weighted by atomic mass is 9.79. The van der Waals surface area contributed by atoms with Gasteiger partial charge < -0.3 is 20.1 Å². The summed E-state index contributed by atoms with van der Waals surface area (Å²) in [4.78, 5) is 64.0. The second kappa shape index (κ2) is 13.7. The molecular weight excluding hydrogens is 552 g/mol. The van der Waals surface area contributed by atoms with Crippen LogP contribution in [-0.4, -0.2) is 52.6 Å². The van der Waals surface area contributed by atoms with E-state index in [4.69, 9.17) is 9.47 Å². The second-order valence-electron chi connectivity index (χ2n) is 13.2. The first-order valence-electron chi connectivity index (χ1n) is 14.9. The van der Waals surface area contributed by atoms with Crippen LogP contribution in [0.4, 0.5) is 0 Å². The fourth-order valence-corrected chi connectivity index (χ4v) is 4.79. The van der Waals surface area contributed by atoms with Crippen LogP contribution in [0.3, 0.4) is 0 Å². The monoisotopic (exact) mass is 598 g/mol. The van der Waals surface area contributed by atoms with Crippen LogP contribution in [-0.2, 0) is 29.9 Å². The predicted octanol–water partition coefficient (Wildman–Crippen LogP) is 3.38. The summed E-state index contributed by atoms with van der Waals surface area (Å²) in [5, 5.41) is 5.58. The largest absolute Gasteiger partial charge is 0.459 e. The Balaban J connectivity index is 1.45. The number of nitrogens with zero attached hydrogens (tertiary/aromatic N) is 1. The number of hydrogen-bond donors (Lipinski definition) is 3. The van der Waals surface area contributed by atoms with Gasteiger partial charge in [-0.05, 0) is 47.4 Å². The summed E-state index contributed by atoms with van der Waals surface area (Å²) in [6.07, 6.45) is 0.351. The summed E-state index contributed by atoms with van der Waals surface area (Å²) in [5.74, 6) is -1.09. The lowest BCUT2D eigenvalue weighted by Crippen LogP contribution is -2.35. The van der Waals surface area contributed by atoms with Gasteiger partial charge >= 0.3 is 11.7 Å². The summed E-state index contributed by atoms with van der Waals surface area (Å²) >= 11 is 0. The molecule has 1 saturated heterocycles. The maximum atomic E-state index is 12.9. The number of benzene rings is 1. The molecule has 3 atom stereocenters. The van der Waals surface area contributed by atoms with Gasteiger partial charge in [-0.25, -0.2) is 4.79 Å². The van der Waals surface area contributed by atoms with E-state index < -0.39 is 35.7 Å². The third-order valence-electron chi connectivity index (χ3n) is 7.54. The van der Waals surface area contributed by atoms with Crippen LogP contribution in [0.1, 0.15) is 107 Å². The number of aryl methyl sites for hydroxylation is 1. The van der Waals surface area contributed by atoms with Crippen molar-refractivity contribution in [1.29, 1.82) is 0 Å². The van der Waals surface area contributed by atoms with Crippen molar-refractivity contribution in [3.8, 4) is 0 Å². The van der Waals surface area contributed by atoms with Crippen LogP contribution in [0.15, 0.2) is 34.0 Å². The SMILES string of the molecule is CC[C@H]1O[C@@H](n2cc(C)c(=O)[nH]c2=O)CC1OC(=O)CCC(=O)NCCNC(=O)c1cc(C(C)(C)C)cc(C(C)(C)C)c1. The standard InChI is InChI=1S/C32H46N4O7/c1-9-23-24(17-26(42-23)36-18-19(2)28(39)35-30(36)41)43-27(38)11-10-25(37)33-12-13-34-29(40)20-14-21(31(3,4)5)16-22(15-20)32(6,7)8/h14-16,18,23-24,26H,9-13,17H2,1-8H3,(H,33,37)(H,34,40)(H,35,39,41)/t23-,24?,26-/m1/s1. The van der Waals surface area contributed by atoms with Crippen LogP contribution in [0.5, 0.6) is 0 Å². The van der Waals surface area contributed by atoms with E-state index >= 15 is 0 Å². The quantitative estimate of drug-likeness (QED) is 0.280. The molecule has 1 aromatic carbocycles. The van der Waals surface area contributed by atoms with Crippen molar-refractivity contribution in [2.24, 2.45) is 0 Å². The smallest absolute Gasteiger partial charge is 0.330 e. The highest BCUT2D eigenvalue weighted by Gasteiger charge is 2.38. The summed E-state index contributed by atoms with van der Waals surface area (Å²) in [6.45, 7) is 16.6. The summed E-state index contributed by atoms with van der Waals surface area (Å²) in [7, 11) is 0. The molecule has 2 amide bonds. The topological polar surface area (TPSA) is 149 Å². The molecule has 3 rings (SSSR count). The Labute approximate surface area is 252 Å². The Hall–Kier alpha value is -3.73. The van der Waals surface area contributed by atoms with Gasteiger partial charge in [0.15, 0.2) is 0 Å². The molecule has 0 radical (unpaired) electrons. The number of carbonyl (C=O) groups is 3. The number of carbonyl (C=O) groups excluding carboxylic acids is 3. The maximum Gasteiger partial charge on any atom is 0.330 e. The number of rotatable bonds is 10. The predicted molar refractivity (Wildman–Crippen MR) is 163 cm³/mol. The highest BCUT2D eigenvalue weighted by Crippen LogP contribution is 2.32. The van der Waals surface area contributed by atoms with Crippen molar-refractivity contribution >= 4 is 17.8 Å². The first-order valence-corrected chi connectivity index (χ1v) is 14.9. The van der Waals surface area contributed by atoms with Gasteiger partial charge in [-0.1, -0.05) is 54.5 Å². The summed E-state index contributed by atoms with van der Waals surface area (Å²) < 4.78 is 12.8. The number of amides is 2. The Morgan fingerprint density at radius 2 is 1.58 bits per heavy atom. The number of hydrogen-bond acceptors (Lipinski definition) is 7. The molecule has 2 heterocycles. The molecule has 11 heteroatoms. The van der Waals surface area contributed by atoms with E-state index in [1.807, 2.05) is 19.1 Å².